The number of nitrogens with zero attached hydrogens (tertiary/aromatic N) is 4. The molecule has 2 aromatic rings. The van der Waals surface area contributed by atoms with Crippen molar-refractivity contribution in [3.63, 3.8) is 0 Å². The molecule has 9 nitrogen and oxygen atoms in total. The maximum Gasteiger partial charge on any atom is 0.244 e. The zero-order valence-electron chi connectivity index (χ0n) is 14.1. The van der Waals surface area contributed by atoms with Crippen LogP contribution in [0.25, 0.3) is 5.69 Å². The largest absolute Gasteiger partial charge is 0.494 e. The van der Waals surface area contributed by atoms with E-state index in [2.05, 4.69) is 20.8 Å². The summed E-state index contributed by atoms with van der Waals surface area (Å²) in [6, 6.07) is 5.25. The second kappa shape index (κ2) is 7.77. The molecule has 25 heavy (non-hydrogen) atoms. The lowest BCUT2D eigenvalue weighted by Gasteiger charge is -2.31. The average molecular weight is 369 g/mol. The van der Waals surface area contributed by atoms with Crippen molar-refractivity contribution in [2.45, 2.75) is 25.3 Å². The van der Waals surface area contributed by atoms with Gasteiger partial charge in [-0.2, -0.15) is 4.68 Å². The predicted octanol–water partition coefficient (Wildman–Crippen LogP) is 0.848. The van der Waals surface area contributed by atoms with Crippen molar-refractivity contribution < 1.29 is 14.3 Å². The van der Waals surface area contributed by atoms with E-state index in [1.165, 1.54) is 0 Å². The van der Waals surface area contributed by atoms with E-state index < -0.39 is 5.54 Å². The van der Waals surface area contributed by atoms with Crippen LogP contribution in [0.5, 0.6) is 5.75 Å². The molecule has 0 aliphatic carbocycles. The number of methoxy groups -OCH3 is 1. The first-order valence-corrected chi connectivity index (χ1v) is 7.65. The molecule has 0 unspecified atom stereocenters. The molecule has 1 aliphatic heterocycles. The zero-order chi connectivity index (χ0) is 17.2. The van der Waals surface area contributed by atoms with Crippen LogP contribution in [0, 0.1) is 6.92 Å². The second-order valence-electron chi connectivity index (χ2n) is 5.75. The van der Waals surface area contributed by atoms with Gasteiger partial charge in [0.1, 0.15) is 17.0 Å². The van der Waals surface area contributed by atoms with Crippen LogP contribution < -0.4 is 15.8 Å². The van der Waals surface area contributed by atoms with E-state index in [0.29, 0.717) is 49.0 Å². The summed E-state index contributed by atoms with van der Waals surface area (Å²) in [5.74, 6) is 0.976. The fraction of sp³-hybridized carbons (Fsp3) is 0.467. The standard InChI is InChI=1S/C15H20N6O3.ClH/c1-10-18-19-20-21(10)12-9-11(3-4-13(12)23-2)17-14(22)15(16)5-7-24-8-6-15;/h3-4,9H,5-8,16H2,1-2H3,(H,17,22);1H. The molecule has 3 N–H and O–H groups in total. The predicted molar refractivity (Wildman–Crippen MR) is 93.3 cm³/mol. The molecule has 0 spiro atoms. The van der Waals surface area contributed by atoms with Crippen molar-refractivity contribution in [1.82, 2.24) is 20.2 Å². The molecule has 136 valence electrons. The molecule has 1 saturated heterocycles. The van der Waals surface area contributed by atoms with Crippen LogP contribution in [-0.4, -0.2) is 52.0 Å². The van der Waals surface area contributed by atoms with E-state index in [1.54, 1.807) is 36.9 Å². The molecule has 10 heteroatoms. The Hall–Kier alpha value is -2.23. The summed E-state index contributed by atoms with van der Waals surface area (Å²) in [6.07, 6.45) is 0.988. The van der Waals surface area contributed by atoms with Crippen LogP contribution in [0.15, 0.2) is 18.2 Å². The number of tetrazole rings is 1. The molecule has 1 amide bonds. The number of halogens is 1. The summed E-state index contributed by atoms with van der Waals surface area (Å²) in [5, 5.41) is 14.3. The van der Waals surface area contributed by atoms with Crippen LogP contribution in [-0.2, 0) is 9.53 Å². The molecule has 1 fully saturated rings. The van der Waals surface area contributed by atoms with Gasteiger partial charge in [-0.15, -0.1) is 17.5 Å². The molecule has 1 aromatic heterocycles. The Kier molecular flexibility index (Phi) is 5.93. The van der Waals surface area contributed by atoms with Crippen LogP contribution in [0.3, 0.4) is 0 Å². The minimum atomic E-state index is -0.914. The highest BCUT2D eigenvalue weighted by Crippen LogP contribution is 2.27. The van der Waals surface area contributed by atoms with Crippen LogP contribution in [0.1, 0.15) is 18.7 Å². The Morgan fingerprint density at radius 3 is 2.72 bits per heavy atom. The molecule has 1 aromatic carbocycles. The first-order chi connectivity index (χ1) is 11.5. The van der Waals surface area contributed by atoms with Gasteiger partial charge in [0.05, 0.1) is 7.11 Å². The fourth-order valence-corrected chi connectivity index (χ4v) is 2.61. The van der Waals surface area contributed by atoms with Crippen LogP contribution in [0.4, 0.5) is 5.69 Å². The smallest absolute Gasteiger partial charge is 0.244 e. The van der Waals surface area contributed by atoms with Crippen molar-refractivity contribution in [3.05, 3.63) is 24.0 Å². The van der Waals surface area contributed by atoms with Gasteiger partial charge in [-0.05, 0) is 48.4 Å². The first-order valence-electron chi connectivity index (χ1n) is 7.65. The lowest BCUT2D eigenvalue weighted by atomic mass is 9.90. The lowest BCUT2D eigenvalue weighted by molar-refractivity contribution is -0.124. The maximum atomic E-state index is 12.5. The van der Waals surface area contributed by atoms with Crippen LogP contribution >= 0.6 is 12.4 Å². The number of carbonyl (C=O) groups is 1. The third-order valence-electron chi connectivity index (χ3n) is 4.13. The van der Waals surface area contributed by atoms with Gasteiger partial charge in [0.15, 0.2) is 5.82 Å². The number of aryl methyl sites for hydroxylation is 1. The fourth-order valence-electron chi connectivity index (χ4n) is 2.61. The first kappa shape index (κ1) is 19.1. The normalized spacial score (nSPS) is 16.0. The molecule has 2 heterocycles. The number of benzene rings is 1. The van der Waals surface area contributed by atoms with Gasteiger partial charge in [-0.3, -0.25) is 4.79 Å². The van der Waals surface area contributed by atoms with Crippen molar-refractivity contribution in [2.75, 3.05) is 25.6 Å². The number of anilines is 1. The summed E-state index contributed by atoms with van der Waals surface area (Å²) in [7, 11) is 1.56. The van der Waals surface area contributed by atoms with Gasteiger partial charge in [-0.1, -0.05) is 0 Å². The van der Waals surface area contributed by atoms with Gasteiger partial charge in [0.25, 0.3) is 0 Å². The third-order valence-corrected chi connectivity index (χ3v) is 4.13. The topological polar surface area (TPSA) is 117 Å². The number of hydrogen-bond donors (Lipinski definition) is 2. The molecule has 3 rings (SSSR count). The number of nitrogens with two attached hydrogens (primary N) is 1. The lowest BCUT2D eigenvalue weighted by Crippen LogP contribution is -2.54. The minimum absolute atomic E-state index is 0. The van der Waals surface area contributed by atoms with E-state index in [0.717, 1.165) is 0 Å². The number of carbonyl (C=O) groups excluding carboxylic acids is 1. The highest BCUT2D eigenvalue weighted by molar-refractivity contribution is 5.98. The molecule has 0 atom stereocenters. The maximum absolute atomic E-state index is 12.5. The van der Waals surface area contributed by atoms with Gasteiger partial charge in [0, 0.05) is 18.9 Å². The summed E-state index contributed by atoms with van der Waals surface area (Å²) in [5.41, 5.74) is 6.53. The third kappa shape index (κ3) is 3.89. The van der Waals surface area contributed by atoms with Crippen molar-refractivity contribution in [3.8, 4) is 11.4 Å². The number of rotatable bonds is 4. The number of nitrogens with one attached hydrogen (secondary N) is 1. The number of amides is 1. The van der Waals surface area contributed by atoms with Crippen molar-refractivity contribution in [2.24, 2.45) is 5.73 Å². The Balaban J connectivity index is 0.00000225. The molecule has 0 saturated carbocycles. The van der Waals surface area contributed by atoms with Gasteiger partial charge in [0.2, 0.25) is 5.91 Å². The zero-order valence-corrected chi connectivity index (χ0v) is 14.9. The molecule has 0 radical (unpaired) electrons. The molecule has 1 aliphatic rings. The Morgan fingerprint density at radius 2 is 2.12 bits per heavy atom. The van der Waals surface area contributed by atoms with E-state index in [4.69, 9.17) is 15.2 Å². The van der Waals surface area contributed by atoms with Gasteiger partial charge >= 0.3 is 0 Å². The molecular formula is C15H21ClN6O3. The van der Waals surface area contributed by atoms with Crippen LogP contribution in [0.2, 0.25) is 0 Å². The quantitative estimate of drug-likeness (QED) is 0.821. The highest BCUT2D eigenvalue weighted by atomic mass is 35.5. The highest BCUT2D eigenvalue weighted by Gasteiger charge is 2.36. The van der Waals surface area contributed by atoms with Crippen molar-refractivity contribution in [1.29, 1.82) is 0 Å². The van der Waals surface area contributed by atoms with Crippen molar-refractivity contribution >= 4 is 24.0 Å². The number of aromatic nitrogens is 4. The Morgan fingerprint density at radius 1 is 1.40 bits per heavy atom. The number of ether oxygens (including phenoxy) is 2. The van der Waals surface area contributed by atoms with E-state index >= 15 is 0 Å². The Bertz CT molecular complexity index is 745. The second-order valence-corrected chi connectivity index (χ2v) is 5.75. The summed E-state index contributed by atoms with van der Waals surface area (Å²) < 4.78 is 12.2. The SMILES string of the molecule is COc1ccc(NC(=O)C2(N)CCOCC2)cc1-n1nnnc1C.Cl. The van der Waals surface area contributed by atoms with Gasteiger partial charge in [-0.25, -0.2) is 0 Å². The molecular weight excluding hydrogens is 348 g/mol. The summed E-state index contributed by atoms with van der Waals surface area (Å²) in [4.78, 5) is 12.5. The van der Waals surface area contributed by atoms with Gasteiger partial charge < -0.3 is 20.5 Å². The Labute approximate surface area is 151 Å². The minimum Gasteiger partial charge on any atom is -0.494 e. The number of hydrogen-bond acceptors (Lipinski definition) is 7. The van der Waals surface area contributed by atoms with E-state index in [1.807, 2.05) is 0 Å². The monoisotopic (exact) mass is 368 g/mol. The molecule has 0 bridgehead atoms. The van der Waals surface area contributed by atoms with E-state index in [-0.39, 0.29) is 18.3 Å². The summed E-state index contributed by atoms with van der Waals surface area (Å²) in [6.45, 7) is 2.75. The summed E-state index contributed by atoms with van der Waals surface area (Å²) >= 11 is 0. The average Bonchev–Trinajstić information content (AvgIpc) is 3.01. The van der Waals surface area contributed by atoms with E-state index in [9.17, 15) is 4.79 Å².